The molecule has 1 fully saturated rings. The van der Waals surface area contributed by atoms with Crippen molar-refractivity contribution in [2.75, 3.05) is 32.9 Å². The Balaban J connectivity index is 2.06. The molecule has 0 bridgehead atoms. The first-order valence-corrected chi connectivity index (χ1v) is 7.10. The maximum Gasteiger partial charge on any atom is 0.264 e. The maximum absolute atomic E-state index is 12.3. The Morgan fingerprint density at radius 3 is 2.52 bits per heavy atom. The van der Waals surface area contributed by atoms with Crippen LogP contribution in [0.5, 0.6) is 5.75 Å². The lowest BCUT2D eigenvalue weighted by atomic mass is 10.1. The molecule has 1 aliphatic heterocycles. The van der Waals surface area contributed by atoms with E-state index in [-0.39, 0.29) is 18.1 Å². The van der Waals surface area contributed by atoms with Crippen molar-refractivity contribution in [2.24, 2.45) is 5.73 Å². The number of ether oxygens (including phenoxy) is 2. The van der Waals surface area contributed by atoms with Gasteiger partial charge in [0.15, 0.2) is 6.61 Å². The largest absolute Gasteiger partial charge is 0.484 e. The van der Waals surface area contributed by atoms with Gasteiger partial charge in [-0.1, -0.05) is 12.1 Å². The highest BCUT2D eigenvalue weighted by Gasteiger charge is 2.20. The zero-order chi connectivity index (χ0) is 16.7. The van der Waals surface area contributed by atoms with Crippen molar-refractivity contribution in [3.8, 4) is 11.8 Å². The van der Waals surface area contributed by atoms with Crippen molar-refractivity contribution in [1.82, 2.24) is 4.90 Å². The molecule has 1 aromatic carbocycles. The van der Waals surface area contributed by atoms with Gasteiger partial charge in [0, 0.05) is 13.1 Å². The molecular weight excluding hydrogens is 298 g/mol. The van der Waals surface area contributed by atoms with Crippen molar-refractivity contribution < 1.29 is 19.1 Å². The average molecular weight is 315 g/mol. The summed E-state index contributed by atoms with van der Waals surface area (Å²) in [5, 5.41) is 9.22. The second-order valence-electron chi connectivity index (χ2n) is 4.90. The van der Waals surface area contributed by atoms with Gasteiger partial charge in [-0.05, 0) is 23.8 Å². The topological polar surface area (TPSA) is 106 Å². The van der Waals surface area contributed by atoms with Gasteiger partial charge in [-0.15, -0.1) is 0 Å². The molecule has 0 aromatic heterocycles. The molecule has 7 heteroatoms. The van der Waals surface area contributed by atoms with Gasteiger partial charge in [-0.2, -0.15) is 5.26 Å². The molecule has 1 saturated heterocycles. The average Bonchev–Trinajstić information content (AvgIpc) is 2.59. The smallest absolute Gasteiger partial charge is 0.264 e. The minimum absolute atomic E-state index is 0.0673. The summed E-state index contributed by atoms with van der Waals surface area (Å²) in [6, 6.07) is 8.61. The highest BCUT2D eigenvalue weighted by atomic mass is 16.5. The number of carbonyl (C=O) groups is 2. The summed E-state index contributed by atoms with van der Waals surface area (Å²) in [5.41, 5.74) is 5.75. The first kappa shape index (κ1) is 16.5. The molecular formula is C16H17N3O4. The molecule has 2 rings (SSSR count). The van der Waals surface area contributed by atoms with E-state index in [9.17, 15) is 14.9 Å². The number of primary amides is 1. The Labute approximate surface area is 133 Å². The summed E-state index contributed by atoms with van der Waals surface area (Å²) in [6.07, 6.45) is 1.52. The van der Waals surface area contributed by atoms with Crippen molar-refractivity contribution in [3.63, 3.8) is 0 Å². The van der Waals surface area contributed by atoms with E-state index in [4.69, 9.17) is 15.2 Å². The van der Waals surface area contributed by atoms with Crippen LogP contribution in [0.3, 0.4) is 0 Å². The quantitative estimate of drug-likeness (QED) is 0.622. The lowest BCUT2D eigenvalue weighted by molar-refractivity contribution is -0.130. The van der Waals surface area contributed by atoms with Crippen LogP contribution in [0.2, 0.25) is 0 Å². The van der Waals surface area contributed by atoms with E-state index in [2.05, 4.69) is 0 Å². The second kappa shape index (κ2) is 7.96. The van der Waals surface area contributed by atoms with Crippen molar-refractivity contribution in [2.45, 2.75) is 0 Å². The number of morpholine rings is 1. The number of carbonyl (C=O) groups excluding carboxylic acids is 2. The zero-order valence-corrected chi connectivity index (χ0v) is 12.5. The van der Waals surface area contributed by atoms with Gasteiger partial charge in [0.25, 0.3) is 11.8 Å². The molecule has 0 atom stereocenters. The van der Waals surface area contributed by atoms with Crippen molar-refractivity contribution in [3.05, 3.63) is 35.4 Å². The van der Waals surface area contributed by atoms with E-state index in [1.54, 1.807) is 29.2 Å². The van der Waals surface area contributed by atoms with Crippen LogP contribution < -0.4 is 10.5 Å². The molecule has 0 unspecified atom stereocenters. The zero-order valence-electron chi connectivity index (χ0n) is 12.5. The summed E-state index contributed by atoms with van der Waals surface area (Å²) in [5.74, 6) is -0.374. The van der Waals surface area contributed by atoms with Gasteiger partial charge in [-0.25, -0.2) is 0 Å². The predicted molar refractivity (Wildman–Crippen MR) is 82.1 cm³/mol. The molecule has 2 amide bonds. The van der Waals surface area contributed by atoms with E-state index >= 15 is 0 Å². The van der Waals surface area contributed by atoms with Crippen LogP contribution in [0.25, 0.3) is 6.08 Å². The second-order valence-corrected chi connectivity index (χ2v) is 4.90. The summed E-state index contributed by atoms with van der Waals surface area (Å²) >= 11 is 0. The number of nitrogens with zero attached hydrogens (tertiary/aromatic N) is 2. The van der Waals surface area contributed by atoms with E-state index < -0.39 is 5.91 Å². The summed E-state index contributed by atoms with van der Waals surface area (Å²) < 4.78 is 10.3. The SMILES string of the molecule is N#C/C(=C\c1ccc(OCC(N)=O)cc1)C(=O)N1CCOCC1. The fraction of sp³-hybridized carbons (Fsp3) is 0.312. The van der Waals surface area contributed by atoms with Crippen LogP contribution in [0.1, 0.15) is 5.56 Å². The Hall–Kier alpha value is -2.85. The standard InChI is InChI=1S/C16H17N3O4/c17-10-13(16(21)19-5-7-22-8-6-19)9-12-1-3-14(4-2-12)23-11-15(18)20/h1-4,9H,5-8,11H2,(H2,18,20)/b13-9+. The van der Waals surface area contributed by atoms with Crippen LogP contribution >= 0.6 is 0 Å². The third-order valence-corrected chi connectivity index (χ3v) is 3.22. The van der Waals surface area contributed by atoms with Gasteiger partial charge in [0.1, 0.15) is 17.4 Å². The molecule has 1 aliphatic rings. The van der Waals surface area contributed by atoms with Crippen LogP contribution in [0.15, 0.2) is 29.8 Å². The minimum atomic E-state index is -0.558. The molecule has 0 saturated carbocycles. The number of hydrogen-bond donors (Lipinski definition) is 1. The van der Waals surface area contributed by atoms with Gasteiger partial charge in [0.05, 0.1) is 13.2 Å². The third-order valence-electron chi connectivity index (χ3n) is 3.22. The summed E-state index contributed by atoms with van der Waals surface area (Å²) in [7, 11) is 0. The van der Waals surface area contributed by atoms with Gasteiger partial charge >= 0.3 is 0 Å². The number of amides is 2. The van der Waals surface area contributed by atoms with Crippen molar-refractivity contribution >= 4 is 17.9 Å². The lowest BCUT2D eigenvalue weighted by Crippen LogP contribution is -2.41. The molecule has 0 radical (unpaired) electrons. The van der Waals surface area contributed by atoms with E-state index in [1.807, 2.05) is 6.07 Å². The summed E-state index contributed by atoms with van der Waals surface area (Å²) in [4.78, 5) is 24.5. The van der Waals surface area contributed by atoms with E-state index in [1.165, 1.54) is 6.08 Å². The third kappa shape index (κ3) is 4.83. The Kier molecular flexibility index (Phi) is 5.72. The fourth-order valence-corrected chi connectivity index (χ4v) is 2.06. The lowest BCUT2D eigenvalue weighted by Gasteiger charge is -2.26. The Morgan fingerprint density at radius 1 is 1.30 bits per heavy atom. The number of rotatable bonds is 5. The van der Waals surface area contributed by atoms with Gasteiger partial charge in [-0.3, -0.25) is 9.59 Å². The monoisotopic (exact) mass is 315 g/mol. The molecule has 0 aliphatic carbocycles. The highest BCUT2D eigenvalue weighted by Crippen LogP contribution is 2.15. The minimum Gasteiger partial charge on any atom is -0.484 e. The van der Waals surface area contributed by atoms with Gasteiger partial charge < -0.3 is 20.1 Å². The normalized spacial score (nSPS) is 14.9. The molecule has 2 N–H and O–H groups in total. The number of nitrogens with two attached hydrogens (primary N) is 1. The van der Waals surface area contributed by atoms with Crippen LogP contribution in [0.4, 0.5) is 0 Å². The van der Waals surface area contributed by atoms with E-state index in [0.29, 0.717) is 37.6 Å². The number of benzene rings is 1. The maximum atomic E-state index is 12.3. The fourth-order valence-electron chi connectivity index (χ4n) is 2.06. The van der Waals surface area contributed by atoms with Gasteiger partial charge in [0.2, 0.25) is 0 Å². The molecule has 1 aromatic rings. The van der Waals surface area contributed by atoms with Crippen LogP contribution in [-0.4, -0.2) is 49.6 Å². The van der Waals surface area contributed by atoms with Crippen molar-refractivity contribution in [1.29, 1.82) is 5.26 Å². The molecule has 7 nitrogen and oxygen atoms in total. The molecule has 23 heavy (non-hydrogen) atoms. The molecule has 120 valence electrons. The highest BCUT2D eigenvalue weighted by molar-refractivity contribution is 6.01. The summed E-state index contributed by atoms with van der Waals surface area (Å²) in [6.45, 7) is 1.73. The Bertz CT molecular complexity index is 640. The Morgan fingerprint density at radius 2 is 1.96 bits per heavy atom. The van der Waals surface area contributed by atoms with Crippen LogP contribution in [0, 0.1) is 11.3 Å². The first-order valence-electron chi connectivity index (χ1n) is 7.10. The number of nitriles is 1. The predicted octanol–water partition coefficient (Wildman–Crippen LogP) is 0.316. The molecule has 0 spiro atoms. The van der Waals surface area contributed by atoms with Crippen LogP contribution in [-0.2, 0) is 14.3 Å². The number of hydrogen-bond acceptors (Lipinski definition) is 5. The first-order chi connectivity index (χ1) is 11.1. The van der Waals surface area contributed by atoms with E-state index in [0.717, 1.165) is 0 Å². The molecule has 1 heterocycles.